The van der Waals surface area contributed by atoms with Crippen LogP contribution in [0.1, 0.15) is 19.0 Å². The molecule has 0 spiro atoms. The molecule has 1 heterocycles. The maximum absolute atomic E-state index is 9.89. The molecule has 4 heteroatoms. The second-order valence-electron chi connectivity index (χ2n) is 4.76. The predicted molar refractivity (Wildman–Crippen MR) is 82.6 cm³/mol. The summed E-state index contributed by atoms with van der Waals surface area (Å²) in [5.74, 6) is 0.261. The number of hydrogen-bond acceptors (Lipinski definition) is 4. The molecule has 1 atom stereocenters. The average Bonchev–Trinajstić information content (AvgIpc) is 2.85. The third-order valence-corrected chi connectivity index (χ3v) is 3.41. The lowest BCUT2D eigenvalue weighted by atomic mass is 10.0. The molecule has 3 aromatic rings. The van der Waals surface area contributed by atoms with Crippen molar-refractivity contribution in [1.29, 1.82) is 0 Å². The fraction of sp³-hybridized carbons (Fsp3) is 0.176. The molecule has 4 nitrogen and oxygen atoms in total. The van der Waals surface area contributed by atoms with Gasteiger partial charge in [0.25, 0.3) is 0 Å². The van der Waals surface area contributed by atoms with Crippen LogP contribution in [-0.2, 0) is 4.74 Å². The smallest absolute Gasteiger partial charge is 0.216 e. The molecule has 2 aromatic carbocycles. The van der Waals surface area contributed by atoms with Gasteiger partial charge >= 0.3 is 0 Å². The van der Waals surface area contributed by atoms with Crippen LogP contribution in [0.25, 0.3) is 22.1 Å². The van der Waals surface area contributed by atoms with E-state index in [1.54, 1.807) is 6.92 Å². The van der Waals surface area contributed by atoms with Crippen LogP contribution in [0.5, 0.6) is 0 Å². The molecule has 1 aromatic heterocycles. The zero-order valence-electron chi connectivity index (χ0n) is 11.7. The Bertz CT molecular complexity index is 749. The van der Waals surface area contributed by atoms with Gasteiger partial charge in [0.15, 0.2) is 5.76 Å². The molecule has 3 N–H and O–H groups in total. The number of benzene rings is 2. The Morgan fingerprint density at radius 1 is 1.14 bits per heavy atom. The Morgan fingerprint density at radius 3 is 2.62 bits per heavy atom. The summed E-state index contributed by atoms with van der Waals surface area (Å²) in [5.41, 5.74) is 9.30. The quantitative estimate of drug-likeness (QED) is 0.716. The molecule has 0 aliphatic rings. The second kappa shape index (κ2) is 5.60. The van der Waals surface area contributed by atoms with E-state index in [1.807, 2.05) is 48.5 Å². The number of anilines is 1. The first-order valence-corrected chi connectivity index (χ1v) is 6.87. The second-order valence-corrected chi connectivity index (χ2v) is 4.76. The molecule has 108 valence electrons. The first-order chi connectivity index (χ1) is 10.2. The predicted octanol–water partition coefficient (Wildman–Crippen LogP) is 3.71. The maximum atomic E-state index is 9.89. The van der Waals surface area contributed by atoms with Crippen molar-refractivity contribution >= 4 is 16.7 Å². The van der Waals surface area contributed by atoms with Crippen LogP contribution in [0, 0.1) is 0 Å². The monoisotopic (exact) mass is 283 g/mol. The van der Waals surface area contributed by atoms with Gasteiger partial charge < -0.3 is 20.0 Å². The SMILES string of the molecule is CCOC(O)c1oc2ccc(-c3ccccc3)cc2c1N. The molecule has 3 rings (SSSR count). The summed E-state index contributed by atoms with van der Waals surface area (Å²) in [6, 6.07) is 15.8. The number of nitrogen functional groups attached to an aromatic ring is 1. The van der Waals surface area contributed by atoms with Gasteiger partial charge in [-0.2, -0.15) is 0 Å². The fourth-order valence-corrected chi connectivity index (χ4v) is 2.36. The summed E-state index contributed by atoms with van der Waals surface area (Å²) < 4.78 is 10.7. The Hall–Kier alpha value is -2.30. The van der Waals surface area contributed by atoms with Gasteiger partial charge in [0.1, 0.15) is 5.58 Å². The van der Waals surface area contributed by atoms with Crippen molar-refractivity contribution < 1.29 is 14.3 Å². The van der Waals surface area contributed by atoms with Crippen LogP contribution in [0.15, 0.2) is 52.9 Å². The molecular formula is C17H17NO3. The summed E-state index contributed by atoms with van der Waals surface area (Å²) in [6.07, 6.45) is -1.14. The van der Waals surface area contributed by atoms with Crippen LogP contribution in [0.4, 0.5) is 5.69 Å². The minimum Gasteiger partial charge on any atom is -0.453 e. The summed E-state index contributed by atoms with van der Waals surface area (Å²) >= 11 is 0. The largest absolute Gasteiger partial charge is 0.453 e. The van der Waals surface area contributed by atoms with Gasteiger partial charge in [-0.3, -0.25) is 0 Å². The van der Waals surface area contributed by atoms with Crippen molar-refractivity contribution in [3.63, 3.8) is 0 Å². The molecular weight excluding hydrogens is 266 g/mol. The van der Waals surface area contributed by atoms with E-state index >= 15 is 0 Å². The van der Waals surface area contributed by atoms with Crippen LogP contribution in [0.3, 0.4) is 0 Å². The minimum atomic E-state index is -1.14. The number of nitrogens with two attached hydrogens (primary N) is 1. The highest BCUT2D eigenvalue weighted by Gasteiger charge is 2.19. The first kappa shape index (κ1) is 13.7. The van der Waals surface area contributed by atoms with Gasteiger partial charge in [0.2, 0.25) is 6.29 Å². The molecule has 1 unspecified atom stereocenters. The van der Waals surface area contributed by atoms with Crippen molar-refractivity contribution in [2.45, 2.75) is 13.2 Å². The number of aliphatic hydroxyl groups is 1. The van der Waals surface area contributed by atoms with Gasteiger partial charge in [-0.15, -0.1) is 0 Å². The highest BCUT2D eigenvalue weighted by Crippen LogP contribution is 2.35. The molecule has 0 saturated carbocycles. The summed E-state index contributed by atoms with van der Waals surface area (Å²) in [4.78, 5) is 0. The van der Waals surface area contributed by atoms with Crippen LogP contribution in [0.2, 0.25) is 0 Å². The van der Waals surface area contributed by atoms with Crippen molar-refractivity contribution in [3.05, 3.63) is 54.3 Å². The number of furan rings is 1. The Kier molecular flexibility index (Phi) is 3.64. The third-order valence-electron chi connectivity index (χ3n) is 3.41. The first-order valence-electron chi connectivity index (χ1n) is 6.87. The lowest BCUT2D eigenvalue weighted by molar-refractivity contribution is -0.109. The normalized spacial score (nSPS) is 12.7. The summed E-state index contributed by atoms with van der Waals surface area (Å²) in [6.45, 7) is 2.18. The van der Waals surface area contributed by atoms with Gasteiger partial charge in [0.05, 0.1) is 5.69 Å². The van der Waals surface area contributed by atoms with Crippen molar-refractivity contribution in [2.75, 3.05) is 12.3 Å². The molecule has 0 amide bonds. The molecule has 0 saturated heterocycles. The fourth-order valence-electron chi connectivity index (χ4n) is 2.36. The molecule has 0 aliphatic carbocycles. The zero-order chi connectivity index (χ0) is 14.8. The Morgan fingerprint density at radius 2 is 1.90 bits per heavy atom. The zero-order valence-corrected chi connectivity index (χ0v) is 11.7. The number of ether oxygens (including phenoxy) is 1. The number of hydrogen-bond donors (Lipinski definition) is 2. The van der Waals surface area contributed by atoms with E-state index < -0.39 is 6.29 Å². The van der Waals surface area contributed by atoms with Crippen LogP contribution >= 0.6 is 0 Å². The standard InChI is InChI=1S/C17H17NO3/c1-2-20-17(19)16-15(18)13-10-12(8-9-14(13)21-16)11-6-4-3-5-7-11/h3-10,17,19H,2,18H2,1H3. The number of fused-ring (bicyclic) bond motifs is 1. The Labute approximate surface area is 122 Å². The Balaban J connectivity index is 2.08. The lowest BCUT2D eigenvalue weighted by Crippen LogP contribution is -2.03. The summed E-state index contributed by atoms with van der Waals surface area (Å²) in [7, 11) is 0. The van der Waals surface area contributed by atoms with Gasteiger partial charge in [0, 0.05) is 12.0 Å². The molecule has 21 heavy (non-hydrogen) atoms. The molecule has 0 bridgehead atoms. The van der Waals surface area contributed by atoms with Crippen molar-refractivity contribution in [3.8, 4) is 11.1 Å². The van der Waals surface area contributed by atoms with Gasteiger partial charge in [-0.05, 0) is 30.2 Å². The van der Waals surface area contributed by atoms with E-state index in [1.165, 1.54) is 0 Å². The van der Waals surface area contributed by atoms with E-state index in [2.05, 4.69) is 0 Å². The highest BCUT2D eigenvalue weighted by molar-refractivity contribution is 5.94. The van der Waals surface area contributed by atoms with Crippen molar-refractivity contribution in [1.82, 2.24) is 0 Å². The van der Waals surface area contributed by atoms with Gasteiger partial charge in [-0.25, -0.2) is 0 Å². The average molecular weight is 283 g/mol. The topological polar surface area (TPSA) is 68.6 Å². The number of aliphatic hydroxyl groups excluding tert-OH is 1. The van der Waals surface area contributed by atoms with E-state index in [0.717, 1.165) is 16.5 Å². The van der Waals surface area contributed by atoms with Crippen LogP contribution in [-0.4, -0.2) is 11.7 Å². The van der Waals surface area contributed by atoms with Gasteiger partial charge in [-0.1, -0.05) is 36.4 Å². The molecule has 0 fully saturated rings. The maximum Gasteiger partial charge on any atom is 0.216 e. The van der Waals surface area contributed by atoms with Crippen LogP contribution < -0.4 is 5.73 Å². The molecule has 0 radical (unpaired) electrons. The minimum absolute atomic E-state index is 0.261. The van der Waals surface area contributed by atoms with Crippen molar-refractivity contribution in [2.24, 2.45) is 0 Å². The summed E-state index contributed by atoms with van der Waals surface area (Å²) in [5, 5.41) is 10.7. The van der Waals surface area contributed by atoms with E-state index in [4.69, 9.17) is 14.9 Å². The molecule has 0 aliphatic heterocycles. The third kappa shape index (κ3) is 2.51. The van der Waals surface area contributed by atoms with E-state index in [-0.39, 0.29) is 5.76 Å². The number of rotatable bonds is 4. The lowest BCUT2D eigenvalue weighted by Gasteiger charge is -2.07. The van der Waals surface area contributed by atoms with E-state index in [0.29, 0.717) is 17.9 Å². The van der Waals surface area contributed by atoms with E-state index in [9.17, 15) is 5.11 Å². The highest BCUT2D eigenvalue weighted by atomic mass is 16.6.